The van der Waals surface area contributed by atoms with Crippen molar-refractivity contribution in [2.24, 2.45) is 5.92 Å². The number of carbonyl (C=O) groups is 1. The number of rotatable bonds is 3. The summed E-state index contributed by atoms with van der Waals surface area (Å²) in [6.07, 6.45) is 8.88. The highest BCUT2D eigenvalue weighted by molar-refractivity contribution is 5.85. The molecule has 0 radical (unpaired) electrons. The van der Waals surface area contributed by atoms with E-state index in [1.54, 1.807) is 6.20 Å². The zero-order chi connectivity index (χ0) is 14.9. The van der Waals surface area contributed by atoms with Crippen molar-refractivity contribution in [2.75, 3.05) is 13.1 Å². The summed E-state index contributed by atoms with van der Waals surface area (Å²) in [4.78, 5) is 18.9. The van der Waals surface area contributed by atoms with Gasteiger partial charge in [-0.15, -0.1) is 0 Å². The molecule has 0 spiro atoms. The zero-order valence-electron chi connectivity index (χ0n) is 12.7. The Labute approximate surface area is 130 Å². The zero-order valence-corrected chi connectivity index (χ0v) is 12.7. The largest absolute Gasteiger partial charge is 0.341 e. The van der Waals surface area contributed by atoms with E-state index in [2.05, 4.69) is 33.8 Å². The Kier molecular flexibility index (Phi) is 3.45. The van der Waals surface area contributed by atoms with E-state index in [4.69, 9.17) is 0 Å². The van der Waals surface area contributed by atoms with Crippen molar-refractivity contribution >= 4 is 5.91 Å². The molecule has 4 nitrogen and oxygen atoms in total. The standard InChI is InChI=1S/C18H21N3O/c22-18(17-7-3-5-15-4-1-2-6-16(15)17)21-11-14(12-21)10-20-9-8-19-13-20/h1-2,4,6,8-9,13-14,17H,3,5,7,10-12H2. The summed E-state index contributed by atoms with van der Waals surface area (Å²) < 4.78 is 2.10. The molecule has 2 heterocycles. The molecule has 1 aliphatic heterocycles. The Morgan fingerprint density at radius 1 is 1.27 bits per heavy atom. The second kappa shape index (κ2) is 5.59. The van der Waals surface area contributed by atoms with Crippen LogP contribution in [0.25, 0.3) is 0 Å². The lowest BCUT2D eigenvalue weighted by Gasteiger charge is -2.42. The molecule has 1 aromatic heterocycles. The van der Waals surface area contributed by atoms with Crippen LogP contribution in [0, 0.1) is 5.92 Å². The van der Waals surface area contributed by atoms with Gasteiger partial charge < -0.3 is 9.47 Å². The predicted octanol–water partition coefficient (Wildman–Crippen LogP) is 2.46. The smallest absolute Gasteiger partial charge is 0.230 e. The molecule has 4 rings (SSSR count). The number of aromatic nitrogens is 2. The Balaban J connectivity index is 1.40. The first-order chi connectivity index (χ1) is 10.8. The number of amides is 1. The van der Waals surface area contributed by atoms with E-state index in [0.717, 1.165) is 38.9 Å². The number of hydrogen-bond acceptors (Lipinski definition) is 2. The van der Waals surface area contributed by atoms with Gasteiger partial charge in [0, 0.05) is 37.9 Å². The summed E-state index contributed by atoms with van der Waals surface area (Å²) in [5.74, 6) is 0.977. The van der Waals surface area contributed by atoms with E-state index in [9.17, 15) is 4.79 Å². The van der Waals surface area contributed by atoms with E-state index in [1.807, 2.05) is 17.4 Å². The lowest BCUT2D eigenvalue weighted by atomic mass is 9.81. The number of likely N-dealkylation sites (tertiary alicyclic amines) is 1. The number of imidazole rings is 1. The fraction of sp³-hybridized carbons (Fsp3) is 0.444. The number of aryl methyl sites for hydroxylation is 1. The number of fused-ring (bicyclic) bond motifs is 1. The molecule has 1 amide bonds. The van der Waals surface area contributed by atoms with Crippen molar-refractivity contribution < 1.29 is 4.79 Å². The van der Waals surface area contributed by atoms with E-state index in [1.165, 1.54) is 11.1 Å². The lowest BCUT2D eigenvalue weighted by Crippen LogP contribution is -2.53. The molecular formula is C18H21N3O. The van der Waals surface area contributed by atoms with Gasteiger partial charge in [-0.1, -0.05) is 24.3 Å². The third-order valence-electron chi connectivity index (χ3n) is 4.96. The van der Waals surface area contributed by atoms with Crippen molar-refractivity contribution in [1.82, 2.24) is 14.5 Å². The molecule has 1 fully saturated rings. The van der Waals surface area contributed by atoms with Crippen LogP contribution in [0.4, 0.5) is 0 Å². The molecule has 0 saturated carbocycles. The van der Waals surface area contributed by atoms with Crippen LogP contribution < -0.4 is 0 Å². The van der Waals surface area contributed by atoms with Gasteiger partial charge >= 0.3 is 0 Å². The molecule has 1 atom stereocenters. The molecular weight excluding hydrogens is 274 g/mol. The van der Waals surface area contributed by atoms with E-state index >= 15 is 0 Å². The maximum atomic E-state index is 12.8. The summed E-state index contributed by atoms with van der Waals surface area (Å²) in [5.41, 5.74) is 2.62. The summed E-state index contributed by atoms with van der Waals surface area (Å²) in [7, 11) is 0. The van der Waals surface area contributed by atoms with Crippen LogP contribution in [0.3, 0.4) is 0 Å². The van der Waals surface area contributed by atoms with Gasteiger partial charge in [-0.3, -0.25) is 4.79 Å². The van der Waals surface area contributed by atoms with Crippen molar-refractivity contribution in [1.29, 1.82) is 0 Å². The van der Waals surface area contributed by atoms with Crippen molar-refractivity contribution in [3.05, 3.63) is 54.1 Å². The molecule has 0 N–H and O–H groups in total. The third kappa shape index (κ3) is 2.43. The third-order valence-corrected chi connectivity index (χ3v) is 4.96. The van der Waals surface area contributed by atoms with Crippen molar-refractivity contribution in [3.63, 3.8) is 0 Å². The minimum atomic E-state index is 0.0825. The van der Waals surface area contributed by atoms with E-state index in [0.29, 0.717) is 11.8 Å². The Bertz CT molecular complexity index is 659. The van der Waals surface area contributed by atoms with Crippen molar-refractivity contribution in [3.8, 4) is 0 Å². The van der Waals surface area contributed by atoms with Crippen LogP contribution in [0.2, 0.25) is 0 Å². The number of hydrogen-bond donors (Lipinski definition) is 0. The first-order valence-corrected chi connectivity index (χ1v) is 8.13. The Morgan fingerprint density at radius 3 is 2.95 bits per heavy atom. The molecule has 1 unspecified atom stereocenters. The molecule has 2 aliphatic rings. The lowest BCUT2D eigenvalue weighted by molar-refractivity contribution is -0.139. The van der Waals surface area contributed by atoms with E-state index < -0.39 is 0 Å². The van der Waals surface area contributed by atoms with Gasteiger partial charge in [0.1, 0.15) is 0 Å². The van der Waals surface area contributed by atoms with Gasteiger partial charge in [0.05, 0.1) is 12.2 Å². The molecule has 1 saturated heterocycles. The van der Waals surface area contributed by atoms with Crippen LogP contribution in [0.1, 0.15) is 29.9 Å². The van der Waals surface area contributed by atoms with Crippen LogP contribution >= 0.6 is 0 Å². The second-order valence-electron chi connectivity index (χ2n) is 6.51. The van der Waals surface area contributed by atoms with Gasteiger partial charge in [0.15, 0.2) is 0 Å². The highest BCUT2D eigenvalue weighted by Crippen LogP contribution is 2.34. The molecule has 4 heteroatoms. The normalized spacial score (nSPS) is 21.3. The Morgan fingerprint density at radius 2 is 2.14 bits per heavy atom. The quantitative estimate of drug-likeness (QED) is 0.872. The molecule has 114 valence electrons. The molecule has 1 aliphatic carbocycles. The SMILES string of the molecule is O=C(C1CCCc2ccccc21)N1CC(Cn2ccnc2)C1. The molecule has 0 bridgehead atoms. The van der Waals surface area contributed by atoms with E-state index in [-0.39, 0.29) is 5.92 Å². The maximum Gasteiger partial charge on any atom is 0.230 e. The predicted molar refractivity (Wildman–Crippen MR) is 84.4 cm³/mol. The summed E-state index contributed by atoms with van der Waals surface area (Å²) >= 11 is 0. The van der Waals surface area contributed by atoms with Crippen LogP contribution in [-0.4, -0.2) is 33.4 Å². The number of benzene rings is 1. The monoisotopic (exact) mass is 295 g/mol. The highest BCUT2D eigenvalue weighted by atomic mass is 16.2. The van der Waals surface area contributed by atoms with Gasteiger partial charge in [0.2, 0.25) is 5.91 Å². The number of nitrogens with zero attached hydrogens (tertiary/aromatic N) is 3. The minimum absolute atomic E-state index is 0.0825. The fourth-order valence-electron chi connectivity index (χ4n) is 3.79. The fourth-order valence-corrected chi connectivity index (χ4v) is 3.79. The van der Waals surface area contributed by atoms with Crippen LogP contribution in [0.5, 0.6) is 0 Å². The first-order valence-electron chi connectivity index (χ1n) is 8.13. The highest BCUT2D eigenvalue weighted by Gasteiger charge is 2.36. The van der Waals surface area contributed by atoms with Gasteiger partial charge in [-0.05, 0) is 30.4 Å². The molecule has 22 heavy (non-hydrogen) atoms. The van der Waals surface area contributed by atoms with Crippen LogP contribution in [-0.2, 0) is 17.8 Å². The number of carbonyl (C=O) groups excluding carboxylic acids is 1. The topological polar surface area (TPSA) is 38.1 Å². The minimum Gasteiger partial charge on any atom is -0.341 e. The van der Waals surface area contributed by atoms with Gasteiger partial charge in [-0.25, -0.2) is 4.98 Å². The van der Waals surface area contributed by atoms with Crippen molar-refractivity contribution in [2.45, 2.75) is 31.7 Å². The Hall–Kier alpha value is -2.10. The summed E-state index contributed by atoms with van der Waals surface area (Å²) in [6, 6.07) is 8.45. The van der Waals surface area contributed by atoms with Gasteiger partial charge in [0.25, 0.3) is 0 Å². The molecule has 1 aromatic carbocycles. The van der Waals surface area contributed by atoms with Gasteiger partial charge in [-0.2, -0.15) is 0 Å². The summed E-state index contributed by atoms with van der Waals surface area (Å²) in [5, 5.41) is 0. The first kappa shape index (κ1) is 13.6. The average Bonchev–Trinajstić information content (AvgIpc) is 3.02. The second-order valence-corrected chi connectivity index (χ2v) is 6.51. The average molecular weight is 295 g/mol. The maximum absolute atomic E-state index is 12.8. The summed E-state index contributed by atoms with van der Waals surface area (Å²) in [6.45, 7) is 2.73. The van der Waals surface area contributed by atoms with Crippen LogP contribution in [0.15, 0.2) is 43.0 Å². The molecule has 2 aromatic rings.